The molecule has 36 heavy (non-hydrogen) atoms. The zero-order valence-corrected chi connectivity index (χ0v) is 21.1. The van der Waals surface area contributed by atoms with Crippen LogP contribution in [0.4, 0.5) is 0 Å². The highest BCUT2D eigenvalue weighted by atomic mass is 16.6. The topological polar surface area (TPSA) is 158 Å². The van der Waals surface area contributed by atoms with Crippen LogP contribution >= 0.6 is 0 Å². The first-order valence-corrected chi connectivity index (χ1v) is 11.4. The molecule has 2 atom stereocenters. The number of hydrogen-bond acceptors (Lipinski definition) is 12. The highest BCUT2D eigenvalue weighted by molar-refractivity contribution is 5.97. The summed E-state index contributed by atoms with van der Waals surface area (Å²) < 4.78 is 29.3. The maximum atomic E-state index is 12.3. The van der Waals surface area contributed by atoms with Gasteiger partial charge in [0.25, 0.3) is 0 Å². The molecule has 0 saturated carbocycles. The van der Waals surface area contributed by atoms with Gasteiger partial charge in [-0.1, -0.05) is 13.2 Å². The average Bonchev–Trinajstić information content (AvgIpc) is 2.83. The monoisotopic (exact) mass is 514 g/mol. The molecule has 0 aromatic rings. The molecule has 0 aliphatic carbocycles. The molecule has 0 radical (unpaired) electrons. The van der Waals surface area contributed by atoms with E-state index in [0.29, 0.717) is 0 Å². The largest absolute Gasteiger partial charge is 0.466 e. The summed E-state index contributed by atoms with van der Waals surface area (Å²) in [5.74, 6) is -7.80. The maximum absolute atomic E-state index is 12.3. The Bertz CT molecular complexity index is 761. The van der Waals surface area contributed by atoms with Crippen molar-refractivity contribution in [3.05, 3.63) is 24.3 Å². The van der Waals surface area contributed by atoms with Gasteiger partial charge in [0.1, 0.15) is 13.2 Å². The standard InChI is InChI=1S/C24H34O12/c1-7-31-19(25)13-17(23(29)33-9-3)15(5)21(27)35-11-12-36-22(28)16(6)18(24(30)34-10-4)14-20(26)32-8-2/h17-18H,5-14H2,1-4H3. The molecular formula is C24H34O12. The Morgan fingerprint density at radius 2 is 0.833 bits per heavy atom. The molecule has 0 spiro atoms. The van der Waals surface area contributed by atoms with Gasteiger partial charge in [-0.2, -0.15) is 0 Å². The van der Waals surface area contributed by atoms with Crippen LogP contribution in [0.3, 0.4) is 0 Å². The van der Waals surface area contributed by atoms with Gasteiger partial charge in [0.2, 0.25) is 0 Å². The second kappa shape index (κ2) is 17.7. The lowest BCUT2D eigenvalue weighted by molar-refractivity contribution is -0.156. The molecule has 0 N–H and O–H groups in total. The summed E-state index contributed by atoms with van der Waals surface area (Å²) in [6.07, 6.45) is -0.934. The van der Waals surface area contributed by atoms with Gasteiger partial charge >= 0.3 is 35.8 Å². The van der Waals surface area contributed by atoms with E-state index in [9.17, 15) is 28.8 Å². The Kier molecular flexibility index (Phi) is 15.9. The Balaban J connectivity index is 4.98. The van der Waals surface area contributed by atoms with E-state index in [1.165, 1.54) is 0 Å². The molecule has 0 saturated heterocycles. The molecule has 0 fully saturated rings. The van der Waals surface area contributed by atoms with E-state index in [2.05, 4.69) is 13.2 Å². The summed E-state index contributed by atoms with van der Waals surface area (Å²) in [5, 5.41) is 0. The van der Waals surface area contributed by atoms with Crippen LogP contribution in [0, 0.1) is 11.8 Å². The summed E-state index contributed by atoms with van der Waals surface area (Å²) in [5.41, 5.74) is -0.678. The van der Waals surface area contributed by atoms with Crippen molar-refractivity contribution in [1.29, 1.82) is 0 Å². The van der Waals surface area contributed by atoms with Gasteiger partial charge in [-0.05, 0) is 27.7 Å². The van der Waals surface area contributed by atoms with Crippen molar-refractivity contribution in [3.63, 3.8) is 0 Å². The van der Waals surface area contributed by atoms with Crippen molar-refractivity contribution in [2.75, 3.05) is 39.6 Å². The van der Waals surface area contributed by atoms with Gasteiger partial charge in [0.15, 0.2) is 0 Å². The van der Waals surface area contributed by atoms with E-state index < -0.39 is 73.7 Å². The van der Waals surface area contributed by atoms with Crippen LogP contribution in [0.1, 0.15) is 40.5 Å². The van der Waals surface area contributed by atoms with E-state index in [-0.39, 0.29) is 37.6 Å². The van der Waals surface area contributed by atoms with Gasteiger partial charge in [-0.25, -0.2) is 9.59 Å². The second-order valence-corrected chi connectivity index (χ2v) is 6.95. The van der Waals surface area contributed by atoms with Gasteiger partial charge in [0, 0.05) is 11.1 Å². The minimum atomic E-state index is -1.31. The number of carbonyl (C=O) groups excluding carboxylic acids is 6. The fourth-order valence-corrected chi connectivity index (χ4v) is 2.70. The zero-order valence-electron chi connectivity index (χ0n) is 21.1. The van der Waals surface area contributed by atoms with Crippen molar-refractivity contribution in [2.24, 2.45) is 11.8 Å². The zero-order chi connectivity index (χ0) is 27.7. The first-order chi connectivity index (χ1) is 17.0. The van der Waals surface area contributed by atoms with Crippen molar-refractivity contribution < 1.29 is 57.2 Å². The van der Waals surface area contributed by atoms with Crippen molar-refractivity contribution in [1.82, 2.24) is 0 Å². The van der Waals surface area contributed by atoms with Crippen LogP contribution in [-0.4, -0.2) is 75.5 Å². The molecule has 0 aliphatic heterocycles. The minimum Gasteiger partial charge on any atom is -0.466 e. The van der Waals surface area contributed by atoms with E-state index in [4.69, 9.17) is 28.4 Å². The summed E-state index contributed by atoms with van der Waals surface area (Å²) in [7, 11) is 0. The predicted molar refractivity (Wildman–Crippen MR) is 123 cm³/mol. The number of rotatable bonds is 17. The lowest BCUT2D eigenvalue weighted by atomic mass is 9.97. The number of hydrogen-bond donors (Lipinski definition) is 0. The van der Waals surface area contributed by atoms with Gasteiger partial charge in [-0.15, -0.1) is 0 Å². The number of ether oxygens (including phenoxy) is 6. The van der Waals surface area contributed by atoms with Crippen molar-refractivity contribution >= 4 is 35.8 Å². The summed E-state index contributed by atoms with van der Waals surface area (Å²) in [6.45, 7) is 12.6. The van der Waals surface area contributed by atoms with Crippen LogP contribution in [-0.2, 0) is 57.2 Å². The molecule has 0 heterocycles. The Morgan fingerprint density at radius 1 is 0.528 bits per heavy atom. The highest BCUT2D eigenvalue weighted by Gasteiger charge is 2.33. The molecule has 0 bridgehead atoms. The Labute approximate surface area is 209 Å². The van der Waals surface area contributed by atoms with Crippen LogP contribution in [0.5, 0.6) is 0 Å². The number of esters is 6. The smallest absolute Gasteiger partial charge is 0.334 e. The molecular weight excluding hydrogens is 480 g/mol. The maximum Gasteiger partial charge on any atom is 0.334 e. The second-order valence-electron chi connectivity index (χ2n) is 6.95. The fourth-order valence-electron chi connectivity index (χ4n) is 2.70. The normalized spacial score (nSPS) is 11.8. The summed E-state index contributed by atoms with van der Waals surface area (Å²) in [6, 6.07) is 0. The third-order valence-electron chi connectivity index (χ3n) is 4.41. The first-order valence-electron chi connectivity index (χ1n) is 11.4. The SMILES string of the molecule is C=C(C(=O)OCCOC(=O)C(=C)C(CC(=O)OCC)C(=O)OCC)C(CC(=O)OCC)C(=O)OCC. The number of carbonyl (C=O) groups is 6. The summed E-state index contributed by atoms with van der Waals surface area (Å²) >= 11 is 0. The van der Waals surface area contributed by atoms with Crippen LogP contribution in [0.2, 0.25) is 0 Å². The minimum absolute atomic E-state index is 0.0171. The van der Waals surface area contributed by atoms with Crippen LogP contribution in [0.25, 0.3) is 0 Å². The Morgan fingerprint density at radius 3 is 1.11 bits per heavy atom. The van der Waals surface area contributed by atoms with Gasteiger partial charge < -0.3 is 28.4 Å². The first kappa shape index (κ1) is 32.3. The Hall–Kier alpha value is -3.70. The van der Waals surface area contributed by atoms with E-state index >= 15 is 0 Å². The fraction of sp³-hybridized carbons (Fsp3) is 0.583. The highest BCUT2D eigenvalue weighted by Crippen LogP contribution is 2.20. The lowest BCUT2D eigenvalue weighted by Gasteiger charge is -2.17. The van der Waals surface area contributed by atoms with E-state index in [0.717, 1.165) is 0 Å². The van der Waals surface area contributed by atoms with Crippen LogP contribution < -0.4 is 0 Å². The average molecular weight is 515 g/mol. The quantitative estimate of drug-likeness (QED) is 0.119. The molecule has 0 amide bonds. The predicted octanol–water partition coefficient (Wildman–Crippen LogP) is 1.45. The molecule has 202 valence electrons. The van der Waals surface area contributed by atoms with Gasteiger partial charge in [0.05, 0.1) is 51.1 Å². The molecule has 0 rings (SSSR count). The van der Waals surface area contributed by atoms with Crippen molar-refractivity contribution in [3.8, 4) is 0 Å². The third-order valence-corrected chi connectivity index (χ3v) is 4.41. The molecule has 0 aromatic carbocycles. The van der Waals surface area contributed by atoms with E-state index in [1.807, 2.05) is 0 Å². The van der Waals surface area contributed by atoms with Gasteiger partial charge in [-0.3, -0.25) is 19.2 Å². The molecule has 0 aliphatic rings. The van der Waals surface area contributed by atoms with Crippen LogP contribution in [0.15, 0.2) is 24.3 Å². The van der Waals surface area contributed by atoms with Crippen molar-refractivity contribution in [2.45, 2.75) is 40.5 Å². The summed E-state index contributed by atoms with van der Waals surface area (Å²) in [4.78, 5) is 72.5. The molecule has 2 unspecified atom stereocenters. The lowest BCUT2D eigenvalue weighted by Crippen LogP contribution is -2.29. The molecule has 0 aromatic heterocycles. The third kappa shape index (κ3) is 11.6. The molecule has 12 heteroatoms. The molecule has 12 nitrogen and oxygen atoms in total. The van der Waals surface area contributed by atoms with E-state index in [1.54, 1.807) is 27.7 Å².